The number of carbonyl (C=O) groups excluding carboxylic acids is 1. The fourth-order valence-electron chi connectivity index (χ4n) is 6.97. The topological polar surface area (TPSA) is 78.5 Å². The molecule has 34 heavy (non-hydrogen) atoms. The molecule has 1 saturated heterocycles. The van der Waals surface area contributed by atoms with Gasteiger partial charge in [-0.1, -0.05) is 19.3 Å². The third-order valence-corrected chi connectivity index (χ3v) is 10.4. The summed E-state index contributed by atoms with van der Waals surface area (Å²) in [4.78, 5) is 12.7. The summed E-state index contributed by atoms with van der Waals surface area (Å²) in [7, 11) is -3.88. The number of fused-ring (bicyclic) bond motifs is 2. The van der Waals surface area contributed by atoms with Crippen LogP contribution in [0.4, 0.5) is 18.0 Å². The summed E-state index contributed by atoms with van der Waals surface area (Å²) in [6, 6.07) is 3.30. The van der Waals surface area contributed by atoms with Gasteiger partial charge in [0.1, 0.15) is 0 Å². The number of piperidine rings is 1. The first kappa shape index (κ1) is 23.9. The van der Waals surface area contributed by atoms with Gasteiger partial charge in [-0.2, -0.15) is 17.5 Å². The van der Waals surface area contributed by atoms with Gasteiger partial charge in [-0.05, 0) is 80.5 Å². The maximum Gasteiger partial charge on any atom is 0.416 e. The highest BCUT2D eigenvalue weighted by Crippen LogP contribution is 2.55. The summed E-state index contributed by atoms with van der Waals surface area (Å²) < 4.78 is 65.3. The van der Waals surface area contributed by atoms with Crippen molar-refractivity contribution in [1.82, 2.24) is 14.9 Å². The summed E-state index contributed by atoms with van der Waals surface area (Å²) in [5, 5.41) is 6.36. The Kier molecular flexibility index (Phi) is 6.11. The van der Waals surface area contributed by atoms with Gasteiger partial charge >= 0.3 is 12.2 Å². The van der Waals surface area contributed by atoms with Crippen molar-refractivity contribution in [2.24, 2.45) is 17.8 Å². The van der Waals surface area contributed by atoms with Crippen molar-refractivity contribution in [3.63, 3.8) is 0 Å². The molecule has 1 heterocycles. The lowest BCUT2D eigenvalue weighted by atomic mass is 9.75. The van der Waals surface area contributed by atoms with Gasteiger partial charge in [0, 0.05) is 24.7 Å². The van der Waals surface area contributed by atoms with Crippen LogP contribution in [0.5, 0.6) is 0 Å². The Morgan fingerprint density at radius 2 is 1.65 bits per heavy atom. The fraction of sp³-hybridized carbons (Fsp3) is 0.708. The zero-order chi connectivity index (χ0) is 24.1. The Morgan fingerprint density at radius 1 is 0.971 bits per heavy atom. The third-order valence-electron chi connectivity index (χ3n) is 8.46. The Labute approximate surface area is 198 Å². The van der Waals surface area contributed by atoms with E-state index in [4.69, 9.17) is 0 Å². The lowest BCUT2D eigenvalue weighted by molar-refractivity contribution is -0.137. The summed E-state index contributed by atoms with van der Waals surface area (Å²) in [5.41, 5.74) is -0.968. The number of nitrogens with one attached hydrogen (secondary N) is 2. The average Bonchev–Trinajstić information content (AvgIpc) is 2.92. The predicted molar refractivity (Wildman–Crippen MR) is 120 cm³/mol. The second-order valence-electron chi connectivity index (χ2n) is 10.7. The quantitative estimate of drug-likeness (QED) is 0.640. The maximum absolute atomic E-state index is 12.9. The van der Waals surface area contributed by atoms with Gasteiger partial charge in [0.2, 0.25) is 10.0 Å². The van der Waals surface area contributed by atoms with Gasteiger partial charge in [-0.25, -0.2) is 13.2 Å². The predicted octanol–water partition coefficient (Wildman–Crippen LogP) is 4.52. The molecule has 6 nitrogen and oxygen atoms in total. The van der Waals surface area contributed by atoms with Crippen molar-refractivity contribution in [3.8, 4) is 0 Å². The Balaban J connectivity index is 1.15. The summed E-state index contributed by atoms with van der Waals surface area (Å²) in [6.07, 6.45) is 4.80. The molecule has 4 atom stereocenters. The van der Waals surface area contributed by atoms with Gasteiger partial charge < -0.3 is 10.6 Å². The lowest BCUT2D eigenvalue weighted by Gasteiger charge is -2.39. The molecule has 3 bridgehead atoms. The van der Waals surface area contributed by atoms with Crippen molar-refractivity contribution < 1.29 is 26.4 Å². The van der Waals surface area contributed by atoms with Crippen LogP contribution < -0.4 is 10.6 Å². The molecule has 2 N–H and O–H groups in total. The van der Waals surface area contributed by atoms with Gasteiger partial charge in [-0.3, -0.25) is 0 Å². The number of sulfonamides is 1. The molecular weight excluding hydrogens is 467 g/mol. The standard InChI is InChI=1S/C24H32F3N3O3S/c25-24(26,27)19-4-6-21(7-5-19)34(32,33)30-10-8-20(9-11-30)28-22(31)29-23-13-16-2-1-3-17(14-23)18(12-16)15-23/h4-7,16-18,20H,1-3,8-15H2,(H2,28,29,31). The van der Waals surface area contributed by atoms with Gasteiger partial charge in [0.25, 0.3) is 0 Å². The molecule has 1 aromatic carbocycles. The first-order chi connectivity index (χ1) is 16.0. The smallest absolute Gasteiger partial charge is 0.335 e. The van der Waals surface area contributed by atoms with Gasteiger partial charge in [0.15, 0.2) is 0 Å². The van der Waals surface area contributed by atoms with Crippen molar-refractivity contribution in [2.45, 2.75) is 80.4 Å². The Morgan fingerprint density at radius 3 is 2.32 bits per heavy atom. The highest BCUT2D eigenvalue weighted by molar-refractivity contribution is 7.89. The van der Waals surface area contributed by atoms with Gasteiger partial charge in [-0.15, -0.1) is 0 Å². The van der Waals surface area contributed by atoms with Crippen LogP contribution in [0.2, 0.25) is 0 Å². The molecule has 1 aliphatic heterocycles. The second-order valence-corrected chi connectivity index (χ2v) is 12.7. The zero-order valence-corrected chi connectivity index (χ0v) is 19.9. The molecular formula is C24H32F3N3O3S. The molecule has 2 amide bonds. The molecule has 4 unspecified atom stereocenters. The molecule has 5 rings (SSSR count). The molecule has 0 radical (unpaired) electrons. The Bertz CT molecular complexity index is 1020. The van der Waals surface area contributed by atoms with E-state index in [2.05, 4.69) is 10.6 Å². The first-order valence-corrected chi connectivity index (χ1v) is 13.7. The molecule has 10 heteroatoms. The molecule has 0 spiro atoms. The third kappa shape index (κ3) is 4.67. The molecule has 3 saturated carbocycles. The largest absolute Gasteiger partial charge is 0.416 e. The number of alkyl halides is 3. The maximum atomic E-state index is 12.9. The van der Waals surface area contributed by atoms with E-state index in [1.165, 1.54) is 30.0 Å². The fourth-order valence-corrected chi connectivity index (χ4v) is 8.44. The number of nitrogens with zero attached hydrogens (tertiary/aromatic N) is 1. The average molecular weight is 500 g/mol. The minimum absolute atomic E-state index is 0.0879. The highest BCUT2D eigenvalue weighted by atomic mass is 32.2. The molecule has 4 fully saturated rings. The van der Waals surface area contributed by atoms with Crippen LogP contribution in [0.3, 0.4) is 0 Å². The SMILES string of the molecule is O=C(NC1CCN(S(=O)(=O)c2ccc(C(F)(F)F)cc2)CC1)NC12CC3CCCC(C1)C(C3)C2. The van der Waals surface area contributed by atoms with E-state index in [9.17, 15) is 26.4 Å². The molecule has 3 aliphatic carbocycles. The normalized spacial score (nSPS) is 32.4. The number of urea groups is 1. The molecule has 1 aromatic rings. The van der Waals surface area contributed by atoms with Gasteiger partial charge in [0.05, 0.1) is 10.5 Å². The zero-order valence-electron chi connectivity index (χ0n) is 19.1. The van der Waals surface area contributed by atoms with Crippen LogP contribution >= 0.6 is 0 Å². The highest BCUT2D eigenvalue weighted by Gasteiger charge is 2.52. The van der Waals surface area contributed by atoms with E-state index in [0.29, 0.717) is 18.8 Å². The number of hydrogen-bond acceptors (Lipinski definition) is 3. The van der Waals surface area contributed by atoms with E-state index >= 15 is 0 Å². The van der Waals surface area contributed by atoms with Crippen molar-refractivity contribution in [3.05, 3.63) is 29.8 Å². The van der Waals surface area contributed by atoms with Crippen LogP contribution in [0.25, 0.3) is 0 Å². The van der Waals surface area contributed by atoms with E-state index in [-0.39, 0.29) is 35.6 Å². The number of hydrogen-bond donors (Lipinski definition) is 2. The summed E-state index contributed by atoms with van der Waals surface area (Å²) in [5.74, 6) is 2.18. The van der Waals surface area contributed by atoms with E-state index in [1.807, 2.05) is 0 Å². The van der Waals surface area contributed by atoms with Crippen molar-refractivity contribution in [2.75, 3.05) is 13.1 Å². The number of halogens is 3. The van der Waals surface area contributed by atoms with E-state index in [0.717, 1.165) is 55.4 Å². The first-order valence-electron chi connectivity index (χ1n) is 12.3. The van der Waals surface area contributed by atoms with E-state index < -0.39 is 21.8 Å². The van der Waals surface area contributed by atoms with Crippen LogP contribution in [-0.2, 0) is 16.2 Å². The Hall–Kier alpha value is -1.81. The number of amides is 2. The van der Waals surface area contributed by atoms with Crippen molar-refractivity contribution >= 4 is 16.1 Å². The number of rotatable bonds is 4. The number of carbonyl (C=O) groups is 1. The molecule has 4 aliphatic rings. The minimum Gasteiger partial charge on any atom is -0.335 e. The van der Waals surface area contributed by atoms with Crippen LogP contribution in [0.1, 0.15) is 63.4 Å². The summed E-state index contributed by atoms with van der Waals surface area (Å²) in [6.45, 7) is 0.428. The monoisotopic (exact) mass is 499 g/mol. The molecule has 0 aromatic heterocycles. The van der Waals surface area contributed by atoms with Crippen LogP contribution in [0.15, 0.2) is 29.2 Å². The van der Waals surface area contributed by atoms with Crippen LogP contribution in [0, 0.1) is 17.8 Å². The number of benzene rings is 1. The summed E-state index contributed by atoms with van der Waals surface area (Å²) >= 11 is 0. The van der Waals surface area contributed by atoms with E-state index in [1.54, 1.807) is 0 Å². The van der Waals surface area contributed by atoms with Crippen LogP contribution in [-0.4, -0.2) is 43.4 Å². The minimum atomic E-state index is -4.51. The lowest BCUT2D eigenvalue weighted by Crippen LogP contribution is -2.56. The second kappa shape index (κ2) is 8.69. The van der Waals surface area contributed by atoms with Crippen molar-refractivity contribution in [1.29, 1.82) is 0 Å². The molecule has 188 valence electrons.